The first kappa shape index (κ1) is 60.3. The van der Waals surface area contributed by atoms with E-state index in [0.29, 0.717) is 25.7 Å². The summed E-state index contributed by atoms with van der Waals surface area (Å²) in [6.45, 7) is 7.24. The maximum absolute atomic E-state index is 13.3. The molecule has 6 N–H and O–H groups in total. The minimum absolute atomic E-state index is 0.0756. The van der Waals surface area contributed by atoms with Crippen molar-refractivity contribution < 1.29 is 47.2 Å². The monoisotopic (exact) mass is 976 g/mol. The molecule has 0 spiro atoms. The Morgan fingerprint density at radius 3 is 1.76 bits per heavy atom. The van der Waals surface area contributed by atoms with Crippen LogP contribution in [0.25, 0.3) is 10.9 Å². The average Bonchev–Trinajstić information content (AvgIpc) is 3.73. The van der Waals surface area contributed by atoms with Gasteiger partial charge in [0.15, 0.2) is 0 Å². The molecule has 0 aliphatic carbocycles. The average molecular weight is 976 g/mol. The van der Waals surface area contributed by atoms with Crippen molar-refractivity contribution in [3.8, 4) is 0 Å². The molecule has 0 radical (unpaired) electrons. The molecule has 16 heteroatoms. The van der Waals surface area contributed by atoms with Gasteiger partial charge in [-0.25, -0.2) is 4.57 Å². The van der Waals surface area contributed by atoms with Crippen molar-refractivity contribution in [1.29, 1.82) is 0 Å². The normalized spacial score (nSPS) is 13.6. The van der Waals surface area contributed by atoms with Gasteiger partial charge in [-0.3, -0.25) is 33.0 Å². The number of nitrogens with one attached hydrogen (secondary N) is 5. The van der Waals surface area contributed by atoms with Crippen LogP contribution in [0.1, 0.15) is 200 Å². The number of aromatic nitrogens is 1. The van der Waals surface area contributed by atoms with Gasteiger partial charge in [0, 0.05) is 43.0 Å². The summed E-state index contributed by atoms with van der Waals surface area (Å²) in [5, 5.41) is 11.8. The number of ether oxygens (including phenoxy) is 1. The third-order valence-electron chi connectivity index (χ3n) is 12.4. The number of unbranched alkanes of at least 4 members (excludes halogenated alkanes) is 20. The molecule has 1 aromatic heterocycles. The van der Waals surface area contributed by atoms with Crippen molar-refractivity contribution in [1.82, 2.24) is 26.3 Å². The highest BCUT2D eigenvalue weighted by Crippen LogP contribution is 2.43. The molecule has 388 valence electrons. The molecule has 0 aliphatic heterocycles. The minimum atomic E-state index is -4.75. The second-order valence-electron chi connectivity index (χ2n) is 18.4. The Hall–Kier alpha value is -3.78. The van der Waals surface area contributed by atoms with E-state index in [1.165, 1.54) is 96.3 Å². The van der Waals surface area contributed by atoms with Gasteiger partial charge in [-0.05, 0) is 36.8 Å². The molecular weight excluding hydrogens is 886 g/mol. The number of H-pyrrole nitrogens is 1. The predicted octanol–water partition coefficient (Wildman–Crippen LogP) is 10.4. The zero-order chi connectivity index (χ0) is 49.7. The van der Waals surface area contributed by atoms with E-state index in [4.69, 9.17) is 13.8 Å². The number of carbonyl (C=O) groups is 5. The Labute approximate surface area is 408 Å². The molecule has 15 nitrogen and oxygen atoms in total. The first-order chi connectivity index (χ1) is 32.9. The highest BCUT2D eigenvalue weighted by atomic mass is 31.2. The molecular formula is C52H90N5O10P. The van der Waals surface area contributed by atoms with Crippen molar-refractivity contribution >= 4 is 48.3 Å². The Kier molecular flexibility index (Phi) is 33.7. The van der Waals surface area contributed by atoms with Gasteiger partial charge in [0.05, 0.1) is 26.2 Å². The number of phosphoric acid groups is 1. The van der Waals surface area contributed by atoms with Crippen LogP contribution < -0.4 is 21.3 Å². The Morgan fingerprint density at radius 1 is 0.632 bits per heavy atom. The molecule has 2 aromatic rings. The minimum Gasteiger partial charge on any atom is -0.466 e. The van der Waals surface area contributed by atoms with Crippen molar-refractivity contribution in [2.45, 2.75) is 213 Å². The molecule has 2 rings (SSSR count). The molecule has 1 aromatic carbocycles. The van der Waals surface area contributed by atoms with Crippen molar-refractivity contribution in [2.24, 2.45) is 5.92 Å². The Morgan fingerprint density at radius 2 is 1.18 bits per heavy atom. The number of hydrogen-bond donors (Lipinski definition) is 6. The van der Waals surface area contributed by atoms with Crippen molar-refractivity contribution in [3.05, 3.63) is 36.0 Å². The smallest absolute Gasteiger partial charge is 0.466 e. The SMILES string of the molecule is CCCCCCCCCCCCCCCC(=O)NC(COP(=O)(O)OCCNC(=O)C(NC(=O)Cc1c[nH]c2ccccc12)C(C)CC)C(=O)NCCCOC(=O)CCCCCCCCCCC. The number of hydrogen-bond acceptors (Lipinski definition) is 9. The molecule has 0 saturated heterocycles. The predicted molar refractivity (Wildman–Crippen MR) is 271 cm³/mol. The standard InChI is InChI=1S/C52H90N5O10P/c1-5-8-10-12-14-16-17-18-19-21-22-24-26-33-47(58)56-46(51(61)53-35-30-37-65-49(60)34-27-25-23-20-15-13-11-9-6-2)41-67-68(63,64)66-38-36-54-52(62)50(42(4)7-3)57-48(59)39-43-40-55-45-32-29-28-31-44(43)45/h28-29,31-32,40,42,46,50,55H,5-27,30,33-39,41H2,1-4H3,(H,53,61)(H,54,62)(H,56,58)(H,57,59)(H,63,64). The van der Waals surface area contributed by atoms with E-state index >= 15 is 0 Å². The molecule has 0 fully saturated rings. The summed E-state index contributed by atoms with van der Waals surface area (Å²) in [7, 11) is -4.75. The summed E-state index contributed by atoms with van der Waals surface area (Å²) in [6, 6.07) is 5.49. The zero-order valence-electron chi connectivity index (χ0n) is 42.3. The van der Waals surface area contributed by atoms with E-state index in [-0.39, 0.29) is 56.2 Å². The summed E-state index contributed by atoms with van der Waals surface area (Å²) < 4.78 is 28.6. The number of phosphoric ester groups is 1. The molecule has 4 amide bonds. The molecule has 68 heavy (non-hydrogen) atoms. The van der Waals surface area contributed by atoms with Gasteiger partial charge in [0.2, 0.25) is 23.6 Å². The molecule has 1 heterocycles. The summed E-state index contributed by atoms with van der Waals surface area (Å²) in [6.07, 6.45) is 28.9. The van der Waals surface area contributed by atoms with Crippen LogP contribution in [0, 0.1) is 5.92 Å². The number of benzene rings is 1. The number of amides is 4. The molecule has 0 saturated carbocycles. The van der Waals surface area contributed by atoms with Gasteiger partial charge in [-0.2, -0.15) is 0 Å². The van der Waals surface area contributed by atoms with E-state index < -0.39 is 44.9 Å². The highest BCUT2D eigenvalue weighted by molar-refractivity contribution is 7.47. The lowest BCUT2D eigenvalue weighted by molar-refractivity contribution is -0.143. The number of aromatic amines is 1. The highest BCUT2D eigenvalue weighted by Gasteiger charge is 2.29. The van der Waals surface area contributed by atoms with Gasteiger partial charge in [-0.15, -0.1) is 0 Å². The summed E-state index contributed by atoms with van der Waals surface area (Å²) in [5.74, 6) is -2.29. The fraction of sp³-hybridized carbons (Fsp3) is 0.750. The largest absolute Gasteiger partial charge is 0.472 e. The number of rotatable bonds is 43. The van der Waals surface area contributed by atoms with Crippen LogP contribution >= 0.6 is 7.82 Å². The van der Waals surface area contributed by atoms with E-state index in [2.05, 4.69) is 40.1 Å². The second-order valence-corrected chi connectivity index (χ2v) is 19.9. The first-order valence-corrected chi connectivity index (χ1v) is 27.9. The van der Waals surface area contributed by atoms with Crippen LogP contribution in [0.4, 0.5) is 0 Å². The maximum atomic E-state index is 13.3. The number of fused-ring (bicyclic) bond motifs is 1. The van der Waals surface area contributed by atoms with Gasteiger partial charge < -0.3 is 35.9 Å². The lowest BCUT2D eigenvalue weighted by Gasteiger charge is -2.24. The van der Waals surface area contributed by atoms with Crippen LogP contribution in [-0.4, -0.2) is 84.5 Å². The fourth-order valence-corrected chi connectivity index (χ4v) is 8.76. The second kappa shape index (κ2) is 38.0. The fourth-order valence-electron chi connectivity index (χ4n) is 8.03. The van der Waals surface area contributed by atoms with Gasteiger partial charge in [0.1, 0.15) is 12.1 Å². The Bertz CT molecular complexity index is 1740. The summed E-state index contributed by atoms with van der Waals surface area (Å²) >= 11 is 0. The van der Waals surface area contributed by atoms with Crippen molar-refractivity contribution in [3.63, 3.8) is 0 Å². The third kappa shape index (κ3) is 28.6. The third-order valence-corrected chi connectivity index (χ3v) is 13.4. The number of esters is 1. The van der Waals surface area contributed by atoms with Crippen LogP contribution in [-0.2, 0) is 48.7 Å². The van der Waals surface area contributed by atoms with Gasteiger partial charge >= 0.3 is 13.8 Å². The molecule has 0 aliphatic rings. The van der Waals surface area contributed by atoms with Crippen LogP contribution in [0.5, 0.6) is 0 Å². The first-order valence-electron chi connectivity index (χ1n) is 26.4. The number of para-hydroxylation sites is 1. The zero-order valence-corrected chi connectivity index (χ0v) is 43.2. The lowest BCUT2D eigenvalue weighted by atomic mass is 9.98. The molecule has 4 atom stereocenters. The van der Waals surface area contributed by atoms with E-state index in [0.717, 1.165) is 55.0 Å². The summed E-state index contributed by atoms with van der Waals surface area (Å²) in [5.41, 5.74) is 1.71. The maximum Gasteiger partial charge on any atom is 0.472 e. The molecule has 0 bridgehead atoms. The van der Waals surface area contributed by atoms with E-state index in [9.17, 15) is 33.4 Å². The van der Waals surface area contributed by atoms with Crippen molar-refractivity contribution in [2.75, 3.05) is 32.9 Å². The van der Waals surface area contributed by atoms with E-state index in [1.807, 2.05) is 38.1 Å². The van der Waals surface area contributed by atoms with Crippen LogP contribution in [0.3, 0.4) is 0 Å². The van der Waals surface area contributed by atoms with Crippen LogP contribution in [0.15, 0.2) is 30.5 Å². The van der Waals surface area contributed by atoms with E-state index in [1.54, 1.807) is 6.20 Å². The molecule has 4 unspecified atom stereocenters. The number of carbonyl (C=O) groups excluding carboxylic acids is 5. The summed E-state index contributed by atoms with van der Waals surface area (Å²) in [4.78, 5) is 78.5. The topological polar surface area (TPSA) is 214 Å². The van der Waals surface area contributed by atoms with Gasteiger partial charge in [0.25, 0.3) is 0 Å². The lowest BCUT2D eigenvalue weighted by Crippen LogP contribution is -2.51. The quantitative estimate of drug-likeness (QED) is 0.0210. The van der Waals surface area contributed by atoms with Gasteiger partial charge in [-0.1, -0.05) is 181 Å². The van der Waals surface area contributed by atoms with Crippen LogP contribution in [0.2, 0.25) is 0 Å². The Balaban J connectivity index is 1.81.